The minimum Gasteiger partial charge on any atom is -0.462 e. The highest BCUT2D eigenvalue weighted by Crippen LogP contribution is 2.09. The Morgan fingerprint density at radius 3 is 2.53 bits per heavy atom. The molecule has 0 aliphatic rings. The van der Waals surface area contributed by atoms with E-state index in [1.165, 1.54) is 0 Å². The Kier molecular flexibility index (Phi) is 6.90. The summed E-state index contributed by atoms with van der Waals surface area (Å²) >= 11 is 0. The summed E-state index contributed by atoms with van der Waals surface area (Å²) in [4.78, 5) is 12.0. The van der Waals surface area contributed by atoms with Crippen molar-refractivity contribution >= 4 is 12.0 Å². The molecule has 0 amide bonds. The molecule has 0 heterocycles. The molecule has 0 unspecified atom stereocenters. The number of hydrogen-bond acceptors (Lipinski definition) is 3. The first-order valence-electron chi connectivity index (χ1n) is 6.64. The lowest BCUT2D eigenvalue weighted by atomic mass is 10.1. The maximum atomic E-state index is 12.0. The molecule has 104 valence electrons. The van der Waals surface area contributed by atoms with Crippen LogP contribution in [0.3, 0.4) is 0 Å². The van der Waals surface area contributed by atoms with Gasteiger partial charge < -0.3 is 9.47 Å². The quantitative estimate of drug-likeness (QED) is 0.558. The van der Waals surface area contributed by atoms with Gasteiger partial charge in [-0.15, -0.1) is 0 Å². The van der Waals surface area contributed by atoms with Gasteiger partial charge >= 0.3 is 5.97 Å². The van der Waals surface area contributed by atoms with E-state index < -0.39 is 0 Å². The SMILES string of the molecule is CCOCC(=Cc1ccccc1)C(=O)OCC(C)C. The first-order chi connectivity index (χ1) is 9.13. The van der Waals surface area contributed by atoms with Crippen molar-refractivity contribution in [2.75, 3.05) is 19.8 Å². The summed E-state index contributed by atoms with van der Waals surface area (Å²) in [5, 5.41) is 0. The van der Waals surface area contributed by atoms with Gasteiger partial charge in [-0.3, -0.25) is 0 Å². The fourth-order valence-electron chi connectivity index (χ4n) is 1.46. The van der Waals surface area contributed by atoms with Gasteiger partial charge in [-0.25, -0.2) is 4.79 Å². The van der Waals surface area contributed by atoms with Crippen LogP contribution in [0.5, 0.6) is 0 Å². The van der Waals surface area contributed by atoms with Crippen LogP contribution >= 0.6 is 0 Å². The molecule has 3 nitrogen and oxygen atoms in total. The van der Waals surface area contributed by atoms with E-state index in [0.717, 1.165) is 5.56 Å². The van der Waals surface area contributed by atoms with Gasteiger partial charge in [-0.2, -0.15) is 0 Å². The van der Waals surface area contributed by atoms with Crippen molar-refractivity contribution in [2.45, 2.75) is 20.8 Å². The maximum Gasteiger partial charge on any atom is 0.336 e. The van der Waals surface area contributed by atoms with E-state index in [9.17, 15) is 4.79 Å². The number of benzene rings is 1. The monoisotopic (exact) mass is 262 g/mol. The van der Waals surface area contributed by atoms with Crippen LogP contribution in [0.2, 0.25) is 0 Å². The zero-order valence-electron chi connectivity index (χ0n) is 11.9. The lowest BCUT2D eigenvalue weighted by Crippen LogP contribution is -2.15. The van der Waals surface area contributed by atoms with E-state index >= 15 is 0 Å². The van der Waals surface area contributed by atoms with Gasteiger partial charge in [0.1, 0.15) is 0 Å². The van der Waals surface area contributed by atoms with Crippen molar-refractivity contribution < 1.29 is 14.3 Å². The lowest BCUT2D eigenvalue weighted by molar-refractivity contribution is -0.140. The minimum atomic E-state index is -0.300. The summed E-state index contributed by atoms with van der Waals surface area (Å²) in [5.74, 6) is 0.0278. The molecule has 0 atom stereocenters. The molecule has 0 bridgehead atoms. The maximum absolute atomic E-state index is 12.0. The van der Waals surface area contributed by atoms with Crippen LogP contribution in [-0.2, 0) is 14.3 Å². The van der Waals surface area contributed by atoms with Gasteiger partial charge in [0, 0.05) is 6.61 Å². The van der Waals surface area contributed by atoms with Crippen LogP contribution in [0.15, 0.2) is 35.9 Å². The van der Waals surface area contributed by atoms with Crippen LogP contribution in [0.4, 0.5) is 0 Å². The Hall–Kier alpha value is -1.61. The molecule has 0 spiro atoms. The molecule has 0 fully saturated rings. The summed E-state index contributed by atoms with van der Waals surface area (Å²) in [6.07, 6.45) is 1.82. The second-order valence-corrected chi connectivity index (χ2v) is 4.71. The van der Waals surface area contributed by atoms with Crippen LogP contribution in [0.25, 0.3) is 6.08 Å². The topological polar surface area (TPSA) is 35.5 Å². The first-order valence-corrected chi connectivity index (χ1v) is 6.64. The third-order valence-electron chi connectivity index (χ3n) is 2.41. The lowest BCUT2D eigenvalue weighted by Gasteiger charge is -2.10. The molecule has 19 heavy (non-hydrogen) atoms. The molecular formula is C16H22O3. The molecule has 0 N–H and O–H groups in total. The number of esters is 1. The molecule has 0 aromatic heterocycles. The van der Waals surface area contributed by atoms with Gasteiger partial charge in [0.25, 0.3) is 0 Å². The van der Waals surface area contributed by atoms with E-state index in [0.29, 0.717) is 24.7 Å². The molecule has 3 heteroatoms. The predicted octanol–water partition coefficient (Wildman–Crippen LogP) is 3.31. The van der Waals surface area contributed by atoms with Gasteiger partial charge in [-0.05, 0) is 24.5 Å². The summed E-state index contributed by atoms with van der Waals surface area (Å²) in [6.45, 7) is 7.20. The first kappa shape index (κ1) is 15.4. The second kappa shape index (κ2) is 8.48. The number of carbonyl (C=O) groups excluding carboxylic acids is 1. The fourth-order valence-corrected chi connectivity index (χ4v) is 1.46. The Bertz CT molecular complexity index is 407. The third-order valence-corrected chi connectivity index (χ3v) is 2.41. The average Bonchev–Trinajstić information content (AvgIpc) is 2.41. The smallest absolute Gasteiger partial charge is 0.336 e. The number of rotatable bonds is 7. The van der Waals surface area contributed by atoms with Crippen molar-refractivity contribution in [1.29, 1.82) is 0 Å². The Morgan fingerprint density at radius 1 is 1.26 bits per heavy atom. The van der Waals surface area contributed by atoms with Crippen LogP contribution in [0.1, 0.15) is 26.3 Å². The predicted molar refractivity (Wildman–Crippen MR) is 76.7 cm³/mol. The largest absolute Gasteiger partial charge is 0.462 e. The Labute approximate surface area is 115 Å². The average molecular weight is 262 g/mol. The minimum absolute atomic E-state index is 0.280. The zero-order chi connectivity index (χ0) is 14.1. The fraction of sp³-hybridized carbons (Fsp3) is 0.438. The molecular weight excluding hydrogens is 240 g/mol. The normalized spacial score (nSPS) is 11.7. The van der Waals surface area contributed by atoms with Crippen molar-refractivity contribution in [3.8, 4) is 0 Å². The van der Waals surface area contributed by atoms with Crippen LogP contribution < -0.4 is 0 Å². The highest BCUT2D eigenvalue weighted by Gasteiger charge is 2.12. The van der Waals surface area contributed by atoms with Crippen LogP contribution in [-0.4, -0.2) is 25.8 Å². The summed E-state index contributed by atoms with van der Waals surface area (Å²) in [5.41, 5.74) is 1.52. The molecule has 0 aliphatic heterocycles. The van der Waals surface area contributed by atoms with E-state index in [2.05, 4.69) is 0 Å². The van der Waals surface area contributed by atoms with Gasteiger partial charge in [-0.1, -0.05) is 44.2 Å². The van der Waals surface area contributed by atoms with Gasteiger partial charge in [0.15, 0.2) is 0 Å². The van der Waals surface area contributed by atoms with E-state index in [4.69, 9.17) is 9.47 Å². The van der Waals surface area contributed by atoms with E-state index in [-0.39, 0.29) is 12.6 Å². The van der Waals surface area contributed by atoms with Crippen molar-refractivity contribution in [2.24, 2.45) is 5.92 Å². The van der Waals surface area contributed by atoms with E-state index in [1.807, 2.05) is 57.2 Å². The molecule has 0 radical (unpaired) electrons. The number of ether oxygens (including phenoxy) is 2. The van der Waals surface area contributed by atoms with Crippen molar-refractivity contribution in [3.05, 3.63) is 41.5 Å². The molecule has 0 aliphatic carbocycles. The van der Waals surface area contributed by atoms with Gasteiger partial charge in [0.05, 0.1) is 18.8 Å². The molecule has 1 rings (SSSR count). The molecule has 0 saturated carbocycles. The zero-order valence-corrected chi connectivity index (χ0v) is 11.9. The summed E-state index contributed by atoms with van der Waals surface area (Å²) in [6, 6.07) is 9.70. The second-order valence-electron chi connectivity index (χ2n) is 4.71. The third kappa shape index (κ3) is 6.20. The van der Waals surface area contributed by atoms with Crippen molar-refractivity contribution in [3.63, 3.8) is 0 Å². The van der Waals surface area contributed by atoms with E-state index in [1.54, 1.807) is 0 Å². The summed E-state index contributed by atoms with van der Waals surface area (Å²) in [7, 11) is 0. The highest BCUT2D eigenvalue weighted by molar-refractivity contribution is 5.94. The Balaban J connectivity index is 2.76. The van der Waals surface area contributed by atoms with Crippen LogP contribution in [0, 0.1) is 5.92 Å². The number of hydrogen-bond donors (Lipinski definition) is 0. The molecule has 1 aromatic carbocycles. The number of carbonyl (C=O) groups is 1. The standard InChI is InChI=1S/C16H22O3/c1-4-18-12-15(16(17)19-11-13(2)3)10-14-8-6-5-7-9-14/h5-10,13H,4,11-12H2,1-3H3. The molecule has 1 aromatic rings. The van der Waals surface area contributed by atoms with Gasteiger partial charge in [0.2, 0.25) is 0 Å². The summed E-state index contributed by atoms with van der Waals surface area (Å²) < 4.78 is 10.6. The van der Waals surface area contributed by atoms with Crippen molar-refractivity contribution in [1.82, 2.24) is 0 Å². The molecule has 0 saturated heterocycles. The highest BCUT2D eigenvalue weighted by atomic mass is 16.5. The Morgan fingerprint density at radius 2 is 1.95 bits per heavy atom.